The molecule has 1 heterocycles. The molecule has 1 aromatic rings. The van der Waals surface area contributed by atoms with Crippen molar-refractivity contribution in [1.82, 2.24) is 4.98 Å². The molecule has 5 heteroatoms. The predicted octanol–water partition coefficient (Wildman–Crippen LogP) is 1.94. The molecule has 0 spiro atoms. The molecule has 5 nitrogen and oxygen atoms in total. The van der Waals surface area contributed by atoms with E-state index in [9.17, 15) is 4.79 Å². The fourth-order valence-electron chi connectivity index (χ4n) is 1.90. The standard InChI is InChI=1S/C14H22N2O3/c1-4-12-8-11(14(18)19)9-13(15-12)16(10(2)3)6-5-7-17/h8-10,17H,4-7H2,1-3H3,(H,18,19). The van der Waals surface area contributed by atoms with Gasteiger partial charge in [0.05, 0.1) is 5.56 Å². The lowest BCUT2D eigenvalue weighted by Crippen LogP contribution is -2.33. The summed E-state index contributed by atoms with van der Waals surface area (Å²) < 4.78 is 0. The van der Waals surface area contributed by atoms with Crippen molar-refractivity contribution in [2.45, 2.75) is 39.7 Å². The first-order chi connectivity index (χ1) is 8.99. The van der Waals surface area contributed by atoms with Crippen LogP contribution in [0.25, 0.3) is 0 Å². The molecule has 1 aromatic heterocycles. The van der Waals surface area contributed by atoms with Gasteiger partial charge >= 0.3 is 5.97 Å². The first-order valence-electron chi connectivity index (χ1n) is 6.61. The van der Waals surface area contributed by atoms with Crippen molar-refractivity contribution in [3.8, 4) is 0 Å². The molecule has 19 heavy (non-hydrogen) atoms. The Hall–Kier alpha value is -1.62. The number of carboxylic acid groups (broad SMARTS) is 1. The minimum Gasteiger partial charge on any atom is -0.478 e. The molecular weight excluding hydrogens is 244 g/mol. The van der Waals surface area contributed by atoms with Gasteiger partial charge in [-0.15, -0.1) is 0 Å². The summed E-state index contributed by atoms with van der Waals surface area (Å²) in [6.07, 6.45) is 1.33. The van der Waals surface area contributed by atoms with Crippen LogP contribution < -0.4 is 4.90 Å². The van der Waals surface area contributed by atoms with E-state index in [-0.39, 0.29) is 18.2 Å². The second-order valence-electron chi connectivity index (χ2n) is 4.73. The molecule has 106 valence electrons. The Labute approximate surface area is 113 Å². The topological polar surface area (TPSA) is 73.7 Å². The maximum absolute atomic E-state index is 11.1. The third kappa shape index (κ3) is 4.21. The number of aromatic carboxylic acids is 1. The Morgan fingerprint density at radius 2 is 2.11 bits per heavy atom. The van der Waals surface area contributed by atoms with Gasteiger partial charge in [-0.05, 0) is 38.8 Å². The molecule has 0 aromatic carbocycles. The molecule has 0 aliphatic heterocycles. The summed E-state index contributed by atoms with van der Waals surface area (Å²) >= 11 is 0. The van der Waals surface area contributed by atoms with Crippen molar-refractivity contribution in [1.29, 1.82) is 0 Å². The summed E-state index contributed by atoms with van der Waals surface area (Å²) in [5.41, 5.74) is 1.03. The monoisotopic (exact) mass is 266 g/mol. The number of aliphatic hydroxyl groups excluding tert-OH is 1. The number of anilines is 1. The highest BCUT2D eigenvalue weighted by molar-refractivity contribution is 5.88. The average molecular weight is 266 g/mol. The maximum atomic E-state index is 11.1. The molecule has 1 rings (SSSR count). The molecule has 0 amide bonds. The van der Waals surface area contributed by atoms with E-state index in [1.807, 2.05) is 25.7 Å². The van der Waals surface area contributed by atoms with Crippen LogP contribution in [0.4, 0.5) is 5.82 Å². The minimum absolute atomic E-state index is 0.114. The van der Waals surface area contributed by atoms with Crippen LogP contribution in [0, 0.1) is 0 Å². The van der Waals surface area contributed by atoms with E-state index in [2.05, 4.69) is 4.98 Å². The lowest BCUT2D eigenvalue weighted by molar-refractivity contribution is 0.0696. The summed E-state index contributed by atoms with van der Waals surface area (Å²) in [7, 11) is 0. The smallest absolute Gasteiger partial charge is 0.335 e. The van der Waals surface area contributed by atoms with Crippen molar-refractivity contribution in [3.05, 3.63) is 23.4 Å². The number of aromatic nitrogens is 1. The van der Waals surface area contributed by atoms with Crippen molar-refractivity contribution in [2.24, 2.45) is 0 Å². The van der Waals surface area contributed by atoms with Crippen molar-refractivity contribution >= 4 is 11.8 Å². The number of aryl methyl sites for hydroxylation is 1. The van der Waals surface area contributed by atoms with Gasteiger partial charge in [-0.2, -0.15) is 0 Å². The summed E-state index contributed by atoms with van der Waals surface area (Å²) in [5.74, 6) is -0.274. The zero-order valence-corrected chi connectivity index (χ0v) is 11.8. The quantitative estimate of drug-likeness (QED) is 0.789. The highest BCUT2D eigenvalue weighted by atomic mass is 16.4. The van der Waals surface area contributed by atoms with Gasteiger partial charge in [-0.25, -0.2) is 9.78 Å². The van der Waals surface area contributed by atoms with Crippen LogP contribution in [-0.2, 0) is 6.42 Å². The van der Waals surface area contributed by atoms with Crippen LogP contribution in [0.5, 0.6) is 0 Å². The number of nitrogens with zero attached hydrogens (tertiary/aromatic N) is 2. The van der Waals surface area contributed by atoms with Crippen LogP contribution >= 0.6 is 0 Å². The molecule has 0 bridgehead atoms. The average Bonchev–Trinajstić information content (AvgIpc) is 2.38. The predicted molar refractivity (Wildman–Crippen MR) is 74.8 cm³/mol. The molecule has 0 atom stereocenters. The molecule has 0 fully saturated rings. The first-order valence-corrected chi connectivity index (χ1v) is 6.61. The van der Waals surface area contributed by atoms with E-state index in [0.29, 0.717) is 25.2 Å². The van der Waals surface area contributed by atoms with Gasteiger partial charge in [0, 0.05) is 24.9 Å². The van der Waals surface area contributed by atoms with E-state index in [1.165, 1.54) is 0 Å². The van der Waals surface area contributed by atoms with E-state index in [0.717, 1.165) is 5.69 Å². The number of pyridine rings is 1. The third-order valence-corrected chi connectivity index (χ3v) is 2.95. The number of rotatable bonds is 7. The zero-order chi connectivity index (χ0) is 14.4. The van der Waals surface area contributed by atoms with Crippen LogP contribution in [-0.4, -0.2) is 40.4 Å². The van der Waals surface area contributed by atoms with Gasteiger partial charge in [0.25, 0.3) is 0 Å². The van der Waals surface area contributed by atoms with Crippen molar-refractivity contribution < 1.29 is 15.0 Å². The van der Waals surface area contributed by atoms with Gasteiger partial charge in [0.2, 0.25) is 0 Å². The highest BCUT2D eigenvalue weighted by Crippen LogP contribution is 2.18. The summed E-state index contributed by atoms with van der Waals surface area (Å²) in [6.45, 7) is 6.78. The normalized spacial score (nSPS) is 10.8. The molecule has 0 saturated heterocycles. The number of hydrogen-bond donors (Lipinski definition) is 2. The zero-order valence-electron chi connectivity index (χ0n) is 11.8. The highest BCUT2D eigenvalue weighted by Gasteiger charge is 2.15. The van der Waals surface area contributed by atoms with Gasteiger partial charge in [-0.1, -0.05) is 6.92 Å². The Morgan fingerprint density at radius 3 is 2.58 bits per heavy atom. The number of aliphatic hydroxyl groups is 1. The number of hydrogen-bond acceptors (Lipinski definition) is 4. The third-order valence-electron chi connectivity index (χ3n) is 2.95. The van der Waals surface area contributed by atoms with Gasteiger partial charge in [0.15, 0.2) is 0 Å². The van der Waals surface area contributed by atoms with Crippen LogP contribution in [0.2, 0.25) is 0 Å². The summed E-state index contributed by atoms with van der Waals surface area (Å²) in [5, 5.41) is 18.1. The van der Waals surface area contributed by atoms with Gasteiger partial charge in [-0.3, -0.25) is 0 Å². The second kappa shape index (κ2) is 7.09. The van der Waals surface area contributed by atoms with Crippen molar-refractivity contribution in [3.63, 3.8) is 0 Å². The van der Waals surface area contributed by atoms with E-state index < -0.39 is 5.97 Å². The Kier molecular flexibility index (Phi) is 5.76. The van der Waals surface area contributed by atoms with Crippen molar-refractivity contribution in [2.75, 3.05) is 18.1 Å². The lowest BCUT2D eigenvalue weighted by atomic mass is 10.1. The van der Waals surface area contributed by atoms with Crippen LogP contribution in [0.3, 0.4) is 0 Å². The first kappa shape index (κ1) is 15.4. The second-order valence-corrected chi connectivity index (χ2v) is 4.73. The van der Waals surface area contributed by atoms with E-state index >= 15 is 0 Å². The molecule has 0 aliphatic rings. The lowest BCUT2D eigenvalue weighted by Gasteiger charge is -2.28. The molecule has 0 saturated carbocycles. The van der Waals surface area contributed by atoms with E-state index in [1.54, 1.807) is 12.1 Å². The van der Waals surface area contributed by atoms with Gasteiger partial charge in [0.1, 0.15) is 5.82 Å². The maximum Gasteiger partial charge on any atom is 0.335 e. The van der Waals surface area contributed by atoms with Gasteiger partial charge < -0.3 is 15.1 Å². The molecular formula is C14H22N2O3. The Morgan fingerprint density at radius 1 is 1.42 bits per heavy atom. The Balaban J connectivity index is 3.13. The fourth-order valence-corrected chi connectivity index (χ4v) is 1.90. The van der Waals surface area contributed by atoms with E-state index in [4.69, 9.17) is 10.2 Å². The molecule has 0 radical (unpaired) electrons. The minimum atomic E-state index is -0.941. The number of carbonyl (C=O) groups is 1. The van der Waals surface area contributed by atoms with Crippen LogP contribution in [0.15, 0.2) is 12.1 Å². The number of carboxylic acids is 1. The SMILES string of the molecule is CCc1cc(C(=O)O)cc(N(CCCO)C(C)C)n1. The largest absolute Gasteiger partial charge is 0.478 e. The molecule has 2 N–H and O–H groups in total. The molecule has 0 unspecified atom stereocenters. The van der Waals surface area contributed by atoms with Crippen LogP contribution in [0.1, 0.15) is 43.2 Å². The summed E-state index contributed by atoms with van der Waals surface area (Å²) in [4.78, 5) is 17.6. The summed E-state index contributed by atoms with van der Waals surface area (Å²) in [6, 6.07) is 3.41. The Bertz CT molecular complexity index is 433. The fraction of sp³-hybridized carbons (Fsp3) is 0.571. The molecule has 0 aliphatic carbocycles.